The highest BCUT2D eigenvalue weighted by molar-refractivity contribution is 14.1. The summed E-state index contributed by atoms with van der Waals surface area (Å²) in [5.41, 5.74) is 6.55. The molecule has 0 aliphatic heterocycles. The molecule has 0 saturated carbocycles. The van der Waals surface area contributed by atoms with Gasteiger partial charge in [0, 0.05) is 14.5 Å². The third-order valence-electron chi connectivity index (χ3n) is 1.78. The van der Waals surface area contributed by atoms with Crippen molar-refractivity contribution in [3.8, 4) is 11.3 Å². The minimum atomic E-state index is 0.418. The van der Waals surface area contributed by atoms with Crippen molar-refractivity contribution in [2.24, 2.45) is 0 Å². The fourth-order valence-corrected chi connectivity index (χ4v) is 2.96. The number of halogens is 3. The first kappa shape index (κ1) is 11.4. The zero-order valence-corrected chi connectivity index (χ0v) is 12.6. The lowest BCUT2D eigenvalue weighted by Crippen LogP contribution is -1.86. The predicted molar refractivity (Wildman–Crippen MR) is 74.5 cm³/mol. The van der Waals surface area contributed by atoms with Crippen molar-refractivity contribution in [3.63, 3.8) is 0 Å². The summed E-state index contributed by atoms with van der Waals surface area (Å²) in [6.07, 6.45) is 0. The molecule has 0 radical (unpaired) electrons. The van der Waals surface area contributed by atoms with E-state index in [0.29, 0.717) is 11.6 Å². The lowest BCUT2D eigenvalue weighted by Gasteiger charge is -1.99. The molecule has 15 heavy (non-hydrogen) atoms. The van der Waals surface area contributed by atoms with E-state index in [4.69, 9.17) is 10.3 Å². The summed E-state index contributed by atoms with van der Waals surface area (Å²) in [5, 5.41) is 3.72. The molecular formula is C9H5Br2IN2O. The number of anilines is 1. The first-order valence-corrected chi connectivity index (χ1v) is 6.61. The monoisotopic (exact) mass is 442 g/mol. The molecule has 1 aromatic heterocycles. The molecule has 0 unspecified atom stereocenters. The molecule has 0 amide bonds. The first-order chi connectivity index (χ1) is 7.08. The van der Waals surface area contributed by atoms with Crippen LogP contribution < -0.4 is 5.73 Å². The fourth-order valence-electron chi connectivity index (χ4n) is 1.16. The van der Waals surface area contributed by atoms with Crippen molar-refractivity contribution in [2.75, 3.05) is 5.73 Å². The highest BCUT2D eigenvalue weighted by Gasteiger charge is 2.13. The molecule has 2 N–H and O–H groups in total. The molecule has 78 valence electrons. The molecule has 6 heteroatoms. The van der Waals surface area contributed by atoms with Crippen LogP contribution in [0.4, 0.5) is 5.82 Å². The molecule has 0 aliphatic rings. The molecule has 0 bridgehead atoms. The number of nitrogens with zero attached hydrogens (tertiary/aromatic N) is 1. The SMILES string of the molecule is Nc1noc(-c2cc(Br)cc(Br)c2)c1I. The summed E-state index contributed by atoms with van der Waals surface area (Å²) < 4.78 is 7.94. The smallest absolute Gasteiger partial charge is 0.182 e. The minimum Gasteiger partial charge on any atom is -0.380 e. The summed E-state index contributed by atoms with van der Waals surface area (Å²) in [4.78, 5) is 0. The van der Waals surface area contributed by atoms with Gasteiger partial charge in [0.15, 0.2) is 11.6 Å². The van der Waals surface area contributed by atoms with Gasteiger partial charge >= 0.3 is 0 Å². The number of nitrogen functional groups attached to an aromatic ring is 1. The van der Waals surface area contributed by atoms with Gasteiger partial charge in [0.2, 0.25) is 0 Å². The molecular weight excluding hydrogens is 439 g/mol. The average molecular weight is 444 g/mol. The lowest BCUT2D eigenvalue weighted by atomic mass is 10.2. The maximum atomic E-state index is 5.62. The normalized spacial score (nSPS) is 10.6. The Morgan fingerprint density at radius 3 is 2.27 bits per heavy atom. The van der Waals surface area contributed by atoms with E-state index in [-0.39, 0.29) is 0 Å². The van der Waals surface area contributed by atoms with Crippen LogP contribution >= 0.6 is 54.5 Å². The van der Waals surface area contributed by atoms with E-state index in [9.17, 15) is 0 Å². The topological polar surface area (TPSA) is 52.0 Å². The second-order valence-electron chi connectivity index (χ2n) is 2.87. The van der Waals surface area contributed by atoms with E-state index in [1.807, 2.05) is 18.2 Å². The maximum absolute atomic E-state index is 5.62. The Bertz CT molecular complexity index is 493. The zero-order valence-electron chi connectivity index (χ0n) is 7.30. The van der Waals surface area contributed by atoms with Crippen LogP contribution in [0.2, 0.25) is 0 Å². The quantitative estimate of drug-likeness (QED) is 0.676. The minimum absolute atomic E-state index is 0.418. The highest BCUT2D eigenvalue weighted by atomic mass is 127. The van der Waals surface area contributed by atoms with Crippen molar-refractivity contribution in [3.05, 3.63) is 30.7 Å². The van der Waals surface area contributed by atoms with E-state index in [1.54, 1.807) is 0 Å². The molecule has 0 fully saturated rings. The summed E-state index contributed by atoms with van der Waals surface area (Å²) in [6, 6.07) is 5.86. The summed E-state index contributed by atoms with van der Waals surface area (Å²) in [7, 11) is 0. The maximum Gasteiger partial charge on any atom is 0.182 e. The van der Waals surface area contributed by atoms with Gasteiger partial charge in [-0.3, -0.25) is 0 Å². The van der Waals surface area contributed by atoms with Gasteiger partial charge in [-0.25, -0.2) is 0 Å². The van der Waals surface area contributed by atoms with Gasteiger partial charge in [0.25, 0.3) is 0 Å². The van der Waals surface area contributed by atoms with Gasteiger partial charge in [-0.15, -0.1) is 0 Å². The third kappa shape index (κ3) is 2.36. The van der Waals surface area contributed by atoms with Crippen LogP contribution in [0.3, 0.4) is 0 Å². The Balaban J connectivity index is 2.58. The molecule has 0 atom stereocenters. The van der Waals surface area contributed by atoms with E-state index in [2.05, 4.69) is 59.6 Å². The largest absolute Gasteiger partial charge is 0.380 e. The van der Waals surface area contributed by atoms with Gasteiger partial charge in [-0.1, -0.05) is 37.0 Å². The number of rotatable bonds is 1. The van der Waals surface area contributed by atoms with E-state index >= 15 is 0 Å². The van der Waals surface area contributed by atoms with Gasteiger partial charge in [-0.05, 0) is 40.8 Å². The molecule has 2 rings (SSSR count). The van der Waals surface area contributed by atoms with Gasteiger partial charge < -0.3 is 10.3 Å². The molecule has 2 aromatic rings. The average Bonchev–Trinajstić information content (AvgIpc) is 2.46. The van der Waals surface area contributed by atoms with Gasteiger partial charge in [0.05, 0.1) is 0 Å². The lowest BCUT2D eigenvalue weighted by molar-refractivity contribution is 0.435. The van der Waals surface area contributed by atoms with Crippen molar-refractivity contribution < 1.29 is 4.52 Å². The van der Waals surface area contributed by atoms with E-state index < -0.39 is 0 Å². The van der Waals surface area contributed by atoms with Crippen molar-refractivity contribution >= 4 is 60.3 Å². The summed E-state index contributed by atoms with van der Waals surface area (Å²) >= 11 is 8.95. The number of nitrogens with two attached hydrogens (primary N) is 1. The highest BCUT2D eigenvalue weighted by Crippen LogP contribution is 2.32. The molecule has 0 saturated heterocycles. The van der Waals surface area contributed by atoms with E-state index in [1.165, 1.54) is 0 Å². The van der Waals surface area contributed by atoms with Crippen LogP contribution in [0.5, 0.6) is 0 Å². The number of benzene rings is 1. The van der Waals surface area contributed by atoms with E-state index in [0.717, 1.165) is 18.1 Å². The molecule has 3 nitrogen and oxygen atoms in total. The van der Waals surface area contributed by atoms with Crippen molar-refractivity contribution in [1.29, 1.82) is 0 Å². The van der Waals surface area contributed by atoms with Crippen LogP contribution in [0.1, 0.15) is 0 Å². The standard InChI is InChI=1S/C9H5Br2IN2O/c10-5-1-4(2-6(11)3-5)8-7(12)9(13)14-15-8/h1-3H,(H2,13,14). The molecule has 0 aliphatic carbocycles. The number of hydrogen-bond acceptors (Lipinski definition) is 3. The summed E-state index contributed by atoms with van der Waals surface area (Å²) in [6.45, 7) is 0. The molecule has 1 heterocycles. The summed E-state index contributed by atoms with van der Waals surface area (Å²) in [5.74, 6) is 1.11. The second kappa shape index (κ2) is 4.42. The van der Waals surface area contributed by atoms with Gasteiger partial charge in [0.1, 0.15) is 3.57 Å². The predicted octanol–water partition coefficient (Wildman–Crippen LogP) is 4.05. The van der Waals surface area contributed by atoms with Crippen LogP contribution in [0.15, 0.2) is 31.7 Å². The Hall–Kier alpha value is -0.0800. The fraction of sp³-hybridized carbons (Fsp3) is 0. The Morgan fingerprint density at radius 2 is 1.80 bits per heavy atom. The van der Waals surface area contributed by atoms with Crippen molar-refractivity contribution in [2.45, 2.75) is 0 Å². The number of hydrogen-bond donors (Lipinski definition) is 1. The second-order valence-corrected chi connectivity index (χ2v) is 5.78. The third-order valence-corrected chi connectivity index (χ3v) is 3.74. The Morgan fingerprint density at radius 1 is 1.20 bits per heavy atom. The number of aromatic nitrogens is 1. The van der Waals surface area contributed by atoms with Crippen LogP contribution in [0.25, 0.3) is 11.3 Å². The van der Waals surface area contributed by atoms with Crippen molar-refractivity contribution in [1.82, 2.24) is 5.16 Å². The Labute approximate surface area is 117 Å². The zero-order chi connectivity index (χ0) is 11.0. The van der Waals surface area contributed by atoms with Crippen LogP contribution in [-0.2, 0) is 0 Å². The van der Waals surface area contributed by atoms with Crippen LogP contribution in [0, 0.1) is 3.57 Å². The van der Waals surface area contributed by atoms with Crippen LogP contribution in [-0.4, -0.2) is 5.16 Å². The van der Waals surface area contributed by atoms with Gasteiger partial charge in [-0.2, -0.15) is 0 Å². The Kier molecular flexibility index (Phi) is 3.36. The molecule has 1 aromatic carbocycles. The first-order valence-electron chi connectivity index (χ1n) is 3.95. The molecule has 0 spiro atoms.